The van der Waals surface area contributed by atoms with E-state index in [2.05, 4.69) is 15.5 Å². The SMILES string of the molecule is COc1cc(Sc2nnnn2-c2ccccc2)cc(OC)c1OC. The average Bonchev–Trinajstić information content (AvgIpc) is 3.09. The van der Waals surface area contributed by atoms with Crippen molar-refractivity contribution in [1.82, 2.24) is 20.2 Å². The van der Waals surface area contributed by atoms with Gasteiger partial charge >= 0.3 is 0 Å². The monoisotopic (exact) mass is 344 g/mol. The Morgan fingerprint density at radius 2 is 1.58 bits per heavy atom. The summed E-state index contributed by atoms with van der Waals surface area (Å²) in [7, 11) is 4.74. The molecule has 0 bridgehead atoms. The van der Waals surface area contributed by atoms with Crippen LogP contribution >= 0.6 is 11.8 Å². The number of aromatic nitrogens is 4. The van der Waals surface area contributed by atoms with E-state index in [0.717, 1.165) is 10.6 Å². The first-order valence-electron chi connectivity index (χ1n) is 7.08. The minimum absolute atomic E-state index is 0.548. The Hall–Kier alpha value is -2.74. The van der Waals surface area contributed by atoms with Gasteiger partial charge in [-0.05, 0) is 46.5 Å². The fraction of sp³-hybridized carbons (Fsp3) is 0.188. The van der Waals surface area contributed by atoms with Gasteiger partial charge in [0, 0.05) is 4.90 Å². The van der Waals surface area contributed by atoms with Gasteiger partial charge in [0.1, 0.15) is 0 Å². The van der Waals surface area contributed by atoms with Gasteiger partial charge in [0.2, 0.25) is 10.9 Å². The summed E-state index contributed by atoms with van der Waals surface area (Å²) in [6.45, 7) is 0. The van der Waals surface area contributed by atoms with Crippen LogP contribution in [0, 0.1) is 0 Å². The predicted molar refractivity (Wildman–Crippen MR) is 89.4 cm³/mol. The summed E-state index contributed by atoms with van der Waals surface area (Å²) < 4.78 is 17.8. The first-order valence-corrected chi connectivity index (χ1v) is 7.90. The molecule has 0 spiro atoms. The van der Waals surface area contributed by atoms with Crippen LogP contribution in [0.4, 0.5) is 0 Å². The minimum Gasteiger partial charge on any atom is -0.493 e. The van der Waals surface area contributed by atoms with Crippen LogP contribution in [0.15, 0.2) is 52.5 Å². The summed E-state index contributed by atoms with van der Waals surface area (Å²) >= 11 is 1.41. The molecule has 0 aliphatic rings. The third kappa shape index (κ3) is 3.13. The highest BCUT2D eigenvalue weighted by atomic mass is 32.2. The number of methoxy groups -OCH3 is 3. The lowest BCUT2D eigenvalue weighted by Gasteiger charge is -2.13. The molecule has 3 aromatic rings. The zero-order valence-corrected chi connectivity index (χ0v) is 14.3. The number of ether oxygens (including phenoxy) is 3. The highest BCUT2D eigenvalue weighted by Gasteiger charge is 2.16. The van der Waals surface area contributed by atoms with Crippen LogP contribution in [-0.4, -0.2) is 41.5 Å². The van der Waals surface area contributed by atoms with Crippen molar-refractivity contribution in [3.05, 3.63) is 42.5 Å². The van der Waals surface area contributed by atoms with Crippen molar-refractivity contribution in [2.75, 3.05) is 21.3 Å². The molecule has 0 amide bonds. The molecular formula is C16H16N4O3S. The summed E-state index contributed by atoms with van der Waals surface area (Å²) in [5.74, 6) is 1.71. The van der Waals surface area contributed by atoms with Gasteiger partial charge in [-0.15, -0.1) is 5.10 Å². The van der Waals surface area contributed by atoms with Crippen molar-refractivity contribution < 1.29 is 14.2 Å². The van der Waals surface area contributed by atoms with Crippen molar-refractivity contribution in [2.45, 2.75) is 10.1 Å². The lowest BCUT2D eigenvalue weighted by Crippen LogP contribution is -1.99. The normalized spacial score (nSPS) is 10.5. The minimum atomic E-state index is 0.548. The van der Waals surface area contributed by atoms with Gasteiger partial charge in [-0.25, -0.2) is 0 Å². The number of hydrogen-bond donors (Lipinski definition) is 0. The van der Waals surface area contributed by atoms with E-state index in [1.807, 2.05) is 42.5 Å². The van der Waals surface area contributed by atoms with Gasteiger partial charge in [-0.1, -0.05) is 18.2 Å². The Bertz CT molecular complexity index is 798. The summed E-state index contributed by atoms with van der Waals surface area (Å²) in [5, 5.41) is 12.5. The molecule has 0 unspecified atom stereocenters. The van der Waals surface area contributed by atoms with Crippen LogP contribution in [-0.2, 0) is 0 Å². The number of rotatable bonds is 6. The number of nitrogens with zero attached hydrogens (tertiary/aromatic N) is 4. The Kier molecular flexibility index (Phi) is 4.85. The average molecular weight is 344 g/mol. The van der Waals surface area contributed by atoms with Crippen LogP contribution in [0.2, 0.25) is 0 Å². The van der Waals surface area contributed by atoms with Gasteiger partial charge in [0.25, 0.3) is 0 Å². The standard InChI is InChI=1S/C16H16N4O3S/c1-21-13-9-12(10-14(22-2)15(13)23-3)24-16-17-18-19-20(16)11-7-5-4-6-8-11/h4-10H,1-3H3. The van der Waals surface area contributed by atoms with Gasteiger partial charge in [-0.2, -0.15) is 4.68 Å². The zero-order valence-electron chi connectivity index (χ0n) is 13.5. The van der Waals surface area contributed by atoms with Crippen molar-refractivity contribution in [3.8, 4) is 22.9 Å². The molecule has 24 heavy (non-hydrogen) atoms. The largest absolute Gasteiger partial charge is 0.493 e. The molecule has 0 N–H and O–H groups in total. The lowest BCUT2D eigenvalue weighted by atomic mass is 10.3. The fourth-order valence-corrected chi connectivity index (χ4v) is 3.04. The van der Waals surface area contributed by atoms with E-state index in [0.29, 0.717) is 22.4 Å². The fourth-order valence-electron chi connectivity index (χ4n) is 2.20. The van der Waals surface area contributed by atoms with Crippen LogP contribution in [0.3, 0.4) is 0 Å². The van der Waals surface area contributed by atoms with Gasteiger partial charge in [0.15, 0.2) is 11.5 Å². The molecule has 1 heterocycles. The van der Waals surface area contributed by atoms with E-state index in [9.17, 15) is 0 Å². The number of para-hydroxylation sites is 1. The first-order chi connectivity index (χ1) is 11.8. The second kappa shape index (κ2) is 7.22. The van der Waals surface area contributed by atoms with Crippen molar-refractivity contribution in [3.63, 3.8) is 0 Å². The van der Waals surface area contributed by atoms with Crippen LogP contribution < -0.4 is 14.2 Å². The highest BCUT2D eigenvalue weighted by Crippen LogP contribution is 2.42. The Balaban J connectivity index is 1.97. The highest BCUT2D eigenvalue weighted by molar-refractivity contribution is 7.99. The van der Waals surface area contributed by atoms with Crippen molar-refractivity contribution >= 4 is 11.8 Å². The van der Waals surface area contributed by atoms with Crippen molar-refractivity contribution in [1.29, 1.82) is 0 Å². The maximum Gasteiger partial charge on any atom is 0.218 e. The van der Waals surface area contributed by atoms with E-state index < -0.39 is 0 Å². The molecule has 1 aromatic heterocycles. The summed E-state index contributed by atoms with van der Waals surface area (Å²) in [6, 6.07) is 13.4. The molecule has 124 valence electrons. The molecule has 8 heteroatoms. The van der Waals surface area contributed by atoms with E-state index in [1.165, 1.54) is 11.8 Å². The molecule has 0 aliphatic heterocycles. The Morgan fingerprint density at radius 1 is 0.917 bits per heavy atom. The van der Waals surface area contributed by atoms with E-state index in [4.69, 9.17) is 14.2 Å². The maximum atomic E-state index is 5.38. The van der Waals surface area contributed by atoms with Crippen LogP contribution in [0.25, 0.3) is 5.69 Å². The second-order valence-corrected chi connectivity index (χ2v) is 5.71. The van der Waals surface area contributed by atoms with Crippen LogP contribution in [0.1, 0.15) is 0 Å². The summed E-state index contributed by atoms with van der Waals surface area (Å²) in [6.07, 6.45) is 0. The summed E-state index contributed by atoms with van der Waals surface area (Å²) in [5.41, 5.74) is 0.887. The van der Waals surface area contributed by atoms with Crippen LogP contribution in [0.5, 0.6) is 17.2 Å². The second-order valence-electron chi connectivity index (χ2n) is 4.67. The topological polar surface area (TPSA) is 71.3 Å². The molecule has 0 saturated heterocycles. The molecular weight excluding hydrogens is 328 g/mol. The predicted octanol–water partition coefficient (Wildman–Crippen LogP) is 2.84. The third-order valence-corrected chi connectivity index (χ3v) is 4.20. The Labute approximate surface area is 143 Å². The molecule has 0 radical (unpaired) electrons. The molecule has 0 aliphatic carbocycles. The number of tetrazole rings is 1. The van der Waals surface area contributed by atoms with Gasteiger partial charge < -0.3 is 14.2 Å². The first kappa shape index (κ1) is 16.1. The van der Waals surface area contributed by atoms with E-state index in [1.54, 1.807) is 26.0 Å². The van der Waals surface area contributed by atoms with E-state index in [-0.39, 0.29) is 0 Å². The molecule has 3 rings (SSSR count). The van der Waals surface area contributed by atoms with Crippen molar-refractivity contribution in [2.24, 2.45) is 0 Å². The molecule has 7 nitrogen and oxygen atoms in total. The van der Waals surface area contributed by atoms with Gasteiger partial charge in [0.05, 0.1) is 27.0 Å². The molecule has 0 fully saturated rings. The van der Waals surface area contributed by atoms with Gasteiger partial charge in [-0.3, -0.25) is 0 Å². The molecule has 0 atom stereocenters. The quantitative estimate of drug-likeness (QED) is 0.681. The maximum absolute atomic E-state index is 5.38. The number of hydrogen-bond acceptors (Lipinski definition) is 7. The van der Waals surface area contributed by atoms with E-state index >= 15 is 0 Å². The Morgan fingerprint density at radius 3 is 2.17 bits per heavy atom. The molecule has 0 saturated carbocycles. The third-order valence-electron chi connectivity index (χ3n) is 3.29. The molecule has 2 aromatic carbocycles. The lowest BCUT2D eigenvalue weighted by molar-refractivity contribution is 0.323. The smallest absolute Gasteiger partial charge is 0.218 e. The summed E-state index contributed by atoms with van der Waals surface area (Å²) in [4.78, 5) is 0.872. The zero-order chi connectivity index (χ0) is 16.9. The number of benzene rings is 2.